The second-order valence-electron chi connectivity index (χ2n) is 34.4. The zero-order valence-corrected chi connectivity index (χ0v) is 63.4. The molecule has 0 heteroatoms. The molecule has 3 atom stereocenters. The number of hydrogen-bond acceptors (Lipinski definition) is 0. The topological polar surface area (TPSA) is 0 Å². The summed E-state index contributed by atoms with van der Waals surface area (Å²) < 4.78 is 0. The summed E-state index contributed by atoms with van der Waals surface area (Å²) in [5, 5.41) is 0. The Labute approximate surface area is 514 Å². The molecule has 0 aromatic heterocycles. The van der Waals surface area contributed by atoms with Crippen molar-refractivity contribution in [1.29, 1.82) is 0 Å². The van der Waals surface area contributed by atoms with Gasteiger partial charge >= 0.3 is 4.28 Å². The van der Waals surface area contributed by atoms with Crippen molar-refractivity contribution in [2.24, 2.45) is 84.7 Å². The van der Waals surface area contributed by atoms with Crippen molar-refractivity contribution in [2.75, 3.05) is 0 Å². The fraction of sp³-hybridized carbons (Fsp3) is 0.911. The van der Waals surface area contributed by atoms with Crippen LogP contribution in [0.25, 0.3) is 0 Å². The molecule has 0 aliphatic heterocycles. The third-order valence-corrected chi connectivity index (χ3v) is 19.2. The molecule has 0 aliphatic rings. The normalized spacial score (nSPS) is 14.1. The van der Waals surface area contributed by atoms with Crippen molar-refractivity contribution in [3.63, 3.8) is 0 Å². The Morgan fingerprint density at radius 2 is 0.759 bits per heavy atom. The van der Waals surface area contributed by atoms with Crippen molar-refractivity contribution < 1.29 is 4.28 Å². The molecule has 0 saturated carbocycles. The van der Waals surface area contributed by atoms with Crippen LogP contribution in [0.3, 0.4) is 0 Å². The van der Waals surface area contributed by atoms with Crippen LogP contribution in [-0.4, -0.2) is 0 Å². The van der Waals surface area contributed by atoms with Crippen LogP contribution in [-0.2, 0) is 0 Å². The third-order valence-electron chi connectivity index (χ3n) is 19.2. The molecule has 0 heterocycles. The first-order valence-electron chi connectivity index (χ1n) is 33.3. The standard InChI is InChI=1S/C13H28.3C13H27.2C13H26.CH4/c2*1-8-12(4,5)10-13(6,7)9-11(2)3;4*1-8-13(6,7)9-11(4)12(5)10(2)3;/h11H,8-10H2,1-7H3;8-10H2,1-7H3;10,12H,8-9H2,1-7H3;10-11H,8-9H2,1-7H3;11H,8-9H2,1-7H3;10H,8-9H2,1-7H3;1H4/q;3*+1;;;/p+3/b;;;;;12-11+;. The Bertz CT molecular complexity index is 1440. The van der Waals surface area contributed by atoms with Gasteiger partial charge in [0.15, 0.2) is 0 Å². The summed E-state index contributed by atoms with van der Waals surface area (Å²) in [5.74, 6) is 10.2. The Morgan fingerprint density at radius 3 is 1.05 bits per heavy atom. The minimum absolute atomic E-state index is 0. The predicted molar refractivity (Wildman–Crippen MR) is 381 cm³/mol. The van der Waals surface area contributed by atoms with E-state index in [0.29, 0.717) is 49.2 Å². The van der Waals surface area contributed by atoms with Crippen LogP contribution < -0.4 is 0 Å². The highest BCUT2D eigenvalue weighted by atomic mass is 14.4. The van der Waals surface area contributed by atoms with Crippen molar-refractivity contribution in [3.8, 4) is 0 Å². The molecule has 478 valence electrons. The second kappa shape index (κ2) is 42.0. The van der Waals surface area contributed by atoms with Crippen molar-refractivity contribution in [2.45, 2.75) is 388 Å². The average Bonchev–Trinajstić information content (AvgIpc) is 3.26. The molecule has 0 saturated heterocycles. The van der Waals surface area contributed by atoms with Crippen LogP contribution in [0.2, 0.25) is 0 Å². The molecule has 0 N–H and O–H groups in total. The van der Waals surface area contributed by atoms with Crippen molar-refractivity contribution in [1.82, 2.24) is 0 Å². The highest BCUT2D eigenvalue weighted by Gasteiger charge is 2.34. The molecule has 3 unspecified atom stereocenters. The molecule has 79 heavy (non-hydrogen) atoms. The lowest BCUT2D eigenvalue weighted by Gasteiger charge is -2.35. The molecule has 0 bridgehead atoms. The lowest BCUT2D eigenvalue weighted by atomic mass is 9.70. The first-order valence-corrected chi connectivity index (χ1v) is 33.3. The van der Waals surface area contributed by atoms with Crippen LogP contribution in [0.1, 0.15) is 392 Å². The van der Waals surface area contributed by atoms with E-state index in [-0.39, 0.29) is 11.7 Å². The van der Waals surface area contributed by atoms with E-state index in [4.69, 9.17) is 0 Å². The molecule has 0 aromatic rings. The van der Waals surface area contributed by atoms with Gasteiger partial charge in [-0.15, -0.1) is 0 Å². The number of rotatable bonds is 28. The Morgan fingerprint density at radius 1 is 0.405 bits per heavy atom. The summed E-state index contributed by atoms with van der Waals surface area (Å²) in [6.07, 6.45) is 18.1. The van der Waals surface area contributed by atoms with E-state index in [0.717, 1.165) is 35.5 Å². The van der Waals surface area contributed by atoms with E-state index < -0.39 is 0 Å². The molecule has 0 spiro atoms. The van der Waals surface area contributed by atoms with Gasteiger partial charge < -0.3 is 0 Å². The molecule has 0 aliphatic carbocycles. The van der Waals surface area contributed by atoms with Crippen molar-refractivity contribution >= 4 is 0 Å². The SMILES string of the molecule is C.CCC(C)(C)C/C(C)=C(\C)C(C)C.CCC(C)(C)CC(C)(C)CC(C)C.CCC(C)(C)CC(C)(C)C[C+](C)C.CCC(C)(C)CC(C)C(C)=C(C)C.CCC(C)(C)CC(C)[C+](C)C(C)C.CCC(C)(C)C[C+](C)C(C)C(C)C.[H+].[H+].[H+]. The van der Waals surface area contributed by atoms with Gasteiger partial charge in [-0.1, -0.05) is 263 Å². The molecule has 0 radical (unpaired) electrons. The van der Waals surface area contributed by atoms with E-state index in [1.54, 1.807) is 34.5 Å². The van der Waals surface area contributed by atoms with Gasteiger partial charge in [0.2, 0.25) is 0 Å². The fourth-order valence-corrected chi connectivity index (χ4v) is 11.4. The minimum atomic E-state index is 0. The smallest absolute Gasteiger partial charge is 0.0776 e. The summed E-state index contributed by atoms with van der Waals surface area (Å²) in [6, 6.07) is 0. The third kappa shape index (κ3) is 52.4. The molecule has 0 nitrogen and oxygen atoms in total. The summed E-state index contributed by atoms with van der Waals surface area (Å²) in [5.41, 5.74) is 10.2. The van der Waals surface area contributed by atoms with Gasteiger partial charge in [-0.3, -0.25) is 0 Å². The zero-order chi connectivity index (χ0) is 64.0. The van der Waals surface area contributed by atoms with Crippen LogP contribution in [0.15, 0.2) is 22.3 Å². The lowest BCUT2D eigenvalue weighted by molar-refractivity contribution is 0.161. The fourth-order valence-electron chi connectivity index (χ4n) is 11.4. The van der Waals surface area contributed by atoms with E-state index in [2.05, 4.69) is 291 Å². The Hall–Kier alpha value is -0.910. The second-order valence-corrected chi connectivity index (χ2v) is 34.4. The van der Waals surface area contributed by atoms with Gasteiger partial charge in [-0.2, -0.15) is 0 Å². The van der Waals surface area contributed by atoms with Gasteiger partial charge in [0.25, 0.3) is 0 Å². The van der Waals surface area contributed by atoms with E-state index in [1.807, 2.05) is 0 Å². The molecular weight excluding hydrogens is 949 g/mol. The first-order chi connectivity index (χ1) is 34.6. The Balaban J connectivity index is -0.0000000939. The monoisotopic (exact) mass is 1120 g/mol. The van der Waals surface area contributed by atoms with Gasteiger partial charge in [-0.05, 0) is 163 Å². The molecule has 0 rings (SSSR count). The molecule has 0 fully saturated rings. The quantitative estimate of drug-likeness (QED) is 0.0541. The van der Waals surface area contributed by atoms with Gasteiger partial charge in [0.1, 0.15) is 0 Å². The van der Waals surface area contributed by atoms with Crippen LogP contribution in [0.5, 0.6) is 0 Å². The zero-order valence-electron chi connectivity index (χ0n) is 66.4. The first kappa shape index (κ1) is 91.8. The van der Waals surface area contributed by atoms with Crippen molar-refractivity contribution in [3.05, 3.63) is 40.0 Å². The highest BCUT2D eigenvalue weighted by Crippen LogP contribution is 2.42. The highest BCUT2D eigenvalue weighted by molar-refractivity contribution is 5.13. The maximum absolute atomic E-state index is 2.41. The summed E-state index contributed by atoms with van der Waals surface area (Å²) >= 11 is 0. The van der Waals surface area contributed by atoms with Crippen LogP contribution in [0, 0.1) is 102 Å². The van der Waals surface area contributed by atoms with Gasteiger partial charge in [0.05, 0.1) is 76.0 Å². The number of hydrogen-bond donors (Lipinski definition) is 0. The summed E-state index contributed by atoms with van der Waals surface area (Å²) in [4.78, 5) is 0. The van der Waals surface area contributed by atoms with E-state index in [9.17, 15) is 0 Å². The summed E-state index contributed by atoms with van der Waals surface area (Å²) in [6.45, 7) is 97.6. The van der Waals surface area contributed by atoms with E-state index in [1.165, 1.54) is 95.5 Å². The maximum Gasteiger partial charge on any atom is 1.00 e. The summed E-state index contributed by atoms with van der Waals surface area (Å²) in [7, 11) is 0. The number of allylic oxidation sites excluding steroid dienone is 4. The largest absolute Gasteiger partial charge is 1.00 e. The van der Waals surface area contributed by atoms with Gasteiger partial charge in [-0.25, -0.2) is 0 Å². The molecule has 0 aromatic carbocycles. The van der Waals surface area contributed by atoms with Crippen LogP contribution in [0.4, 0.5) is 0 Å². The van der Waals surface area contributed by atoms with Crippen LogP contribution >= 0.6 is 0 Å². The lowest BCUT2D eigenvalue weighted by Crippen LogP contribution is -2.24. The minimum Gasteiger partial charge on any atom is -0.0776 e. The predicted octanol–water partition coefficient (Wildman–Crippen LogP) is 29.7. The molecular formula is C79H168+6. The Kier molecular flexibility index (Phi) is 48.8. The average molecular weight is 1120 g/mol. The molecule has 0 amide bonds. The maximum atomic E-state index is 2.41. The van der Waals surface area contributed by atoms with Gasteiger partial charge in [0, 0.05) is 10.8 Å². The van der Waals surface area contributed by atoms with E-state index >= 15 is 0 Å².